The molecular formula is C12H8F4N2O2S. The van der Waals surface area contributed by atoms with Crippen molar-refractivity contribution in [3.05, 3.63) is 54.1 Å². The maximum absolute atomic E-state index is 12.6. The molecule has 0 amide bonds. The van der Waals surface area contributed by atoms with Crippen LogP contribution < -0.4 is 4.72 Å². The van der Waals surface area contributed by atoms with Crippen molar-refractivity contribution < 1.29 is 26.0 Å². The first-order chi connectivity index (χ1) is 9.68. The van der Waals surface area contributed by atoms with Gasteiger partial charge in [0.15, 0.2) is 0 Å². The number of nitrogens with zero attached hydrogens (tertiary/aromatic N) is 1. The van der Waals surface area contributed by atoms with Crippen LogP contribution in [0.2, 0.25) is 0 Å². The largest absolute Gasteiger partial charge is 0.416 e. The van der Waals surface area contributed by atoms with Crippen molar-refractivity contribution in [2.24, 2.45) is 0 Å². The van der Waals surface area contributed by atoms with Gasteiger partial charge in [0.2, 0.25) is 5.95 Å². The van der Waals surface area contributed by atoms with E-state index in [1.54, 1.807) is 0 Å². The Morgan fingerprint density at radius 2 is 1.62 bits per heavy atom. The van der Waals surface area contributed by atoms with Crippen molar-refractivity contribution in [2.45, 2.75) is 11.1 Å². The quantitative estimate of drug-likeness (QED) is 0.698. The fourth-order valence-corrected chi connectivity index (χ4v) is 2.52. The van der Waals surface area contributed by atoms with Crippen molar-refractivity contribution in [3.8, 4) is 0 Å². The smallest absolute Gasteiger partial charge is 0.278 e. The Hall–Kier alpha value is -2.16. The third-order valence-corrected chi connectivity index (χ3v) is 3.87. The van der Waals surface area contributed by atoms with Crippen molar-refractivity contribution >= 4 is 15.7 Å². The first kappa shape index (κ1) is 15.2. The van der Waals surface area contributed by atoms with Crippen molar-refractivity contribution in [3.63, 3.8) is 0 Å². The highest BCUT2D eigenvalue weighted by molar-refractivity contribution is 7.92. The van der Waals surface area contributed by atoms with Gasteiger partial charge in [-0.1, -0.05) is 0 Å². The van der Waals surface area contributed by atoms with E-state index in [0.717, 1.165) is 30.5 Å². The second-order valence-electron chi connectivity index (χ2n) is 4.00. The number of pyridine rings is 1. The summed E-state index contributed by atoms with van der Waals surface area (Å²) in [7, 11) is -4.07. The van der Waals surface area contributed by atoms with Gasteiger partial charge in [0.25, 0.3) is 10.0 Å². The predicted molar refractivity (Wildman–Crippen MR) is 66.4 cm³/mol. The molecule has 0 saturated heterocycles. The number of hydrogen-bond donors (Lipinski definition) is 1. The summed E-state index contributed by atoms with van der Waals surface area (Å²) >= 11 is 0. The van der Waals surface area contributed by atoms with Crippen LogP contribution in [0.4, 0.5) is 23.2 Å². The summed E-state index contributed by atoms with van der Waals surface area (Å²) in [5.41, 5.74) is -0.957. The van der Waals surface area contributed by atoms with Crippen LogP contribution in [0.3, 0.4) is 0 Å². The standard InChI is InChI=1S/C12H8F4N2O2S/c13-11-6-3-9(7-17-11)18-21(19,20)10-4-1-8(2-5-10)12(14,15)16/h1-7,18H. The summed E-state index contributed by atoms with van der Waals surface area (Å²) in [6, 6.07) is 5.09. The Balaban J connectivity index is 2.25. The van der Waals surface area contributed by atoms with Gasteiger partial charge in [-0.05, 0) is 36.4 Å². The molecule has 0 aliphatic rings. The minimum atomic E-state index is -4.55. The molecule has 2 rings (SSSR count). The van der Waals surface area contributed by atoms with Gasteiger partial charge in [-0.25, -0.2) is 13.4 Å². The molecule has 0 bridgehead atoms. The lowest BCUT2D eigenvalue weighted by atomic mass is 10.2. The van der Waals surface area contributed by atoms with Crippen LogP contribution in [0.1, 0.15) is 5.56 Å². The number of sulfonamides is 1. The molecule has 112 valence electrons. The molecule has 0 unspecified atom stereocenters. The molecule has 0 saturated carbocycles. The zero-order chi connectivity index (χ0) is 15.7. The van der Waals surface area contributed by atoms with Crippen LogP contribution in [-0.4, -0.2) is 13.4 Å². The second kappa shape index (κ2) is 5.32. The zero-order valence-electron chi connectivity index (χ0n) is 10.2. The van der Waals surface area contributed by atoms with Crippen LogP contribution in [-0.2, 0) is 16.2 Å². The summed E-state index contributed by atoms with van der Waals surface area (Å²) in [5.74, 6) is -0.785. The fraction of sp³-hybridized carbons (Fsp3) is 0.0833. The fourth-order valence-electron chi connectivity index (χ4n) is 1.47. The average Bonchev–Trinajstić information content (AvgIpc) is 2.40. The van der Waals surface area contributed by atoms with Crippen molar-refractivity contribution in [2.75, 3.05) is 4.72 Å². The molecular weight excluding hydrogens is 312 g/mol. The van der Waals surface area contributed by atoms with Crippen LogP contribution in [0, 0.1) is 5.95 Å². The van der Waals surface area contributed by atoms with Crippen LogP contribution in [0.25, 0.3) is 0 Å². The molecule has 0 radical (unpaired) electrons. The zero-order valence-corrected chi connectivity index (χ0v) is 11.0. The van der Waals surface area contributed by atoms with Gasteiger partial charge in [0, 0.05) is 0 Å². The number of hydrogen-bond acceptors (Lipinski definition) is 3. The van der Waals surface area contributed by atoms with E-state index >= 15 is 0 Å². The summed E-state index contributed by atoms with van der Waals surface area (Å²) in [6.07, 6.45) is -3.59. The van der Waals surface area contributed by atoms with Gasteiger partial charge in [0.1, 0.15) is 0 Å². The lowest BCUT2D eigenvalue weighted by Gasteiger charge is -2.10. The van der Waals surface area contributed by atoms with Gasteiger partial charge >= 0.3 is 6.18 Å². The second-order valence-corrected chi connectivity index (χ2v) is 5.68. The van der Waals surface area contributed by atoms with Crippen LogP contribution in [0.15, 0.2) is 47.5 Å². The molecule has 4 nitrogen and oxygen atoms in total. The van der Waals surface area contributed by atoms with Crippen LogP contribution in [0.5, 0.6) is 0 Å². The molecule has 0 aliphatic heterocycles. The molecule has 1 N–H and O–H groups in total. The summed E-state index contributed by atoms with van der Waals surface area (Å²) < 4.78 is 75.7. The summed E-state index contributed by atoms with van der Waals surface area (Å²) in [6.45, 7) is 0. The normalized spacial score (nSPS) is 12.2. The number of anilines is 1. The number of halogens is 4. The molecule has 1 aromatic heterocycles. The van der Waals surface area contributed by atoms with E-state index in [1.807, 2.05) is 0 Å². The topological polar surface area (TPSA) is 59.1 Å². The Kier molecular flexibility index (Phi) is 3.86. The molecule has 0 atom stereocenters. The number of aromatic nitrogens is 1. The van der Waals surface area contributed by atoms with E-state index < -0.39 is 27.7 Å². The van der Waals surface area contributed by atoms with Gasteiger partial charge < -0.3 is 0 Å². The highest BCUT2D eigenvalue weighted by Gasteiger charge is 2.30. The molecule has 9 heteroatoms. The van der Waals surface area contributed by atoms with Gasteiger partial charge in [-0.15, -0.1) is 0 Å². The number of alkyl halides is 3. The average molecular weight is 320 g/mol. The first-order valence-corrected chi connectivity index (χ1v) is 6.98. The van der Waals surface area contributed by atoms with E-state index in [2.05, 4.69) is 9.71 Å². The number of rotatable bonds is 3. The third kappa shape index (κ3) is 3.69. The predicted octanol–water partition coefficient (Wildman–Crippen LogP) is 3.04. The minimum Gasteiger partial charge on any atom is -0.278 e. The van der Waals surface area contributed by atoms with E-state index in [9.17, 15) is 26.0 Å². The Labute approximate surface area is 117 Å². The Morgan fingerprint density at radius 3 is 2.10 bits per heavy atom. The molecule has 0 fully saturated rings. The van der Waals surface area contributed by atoms with E-state index in [1.165, 1.54) is 0 Å². The lowest BCUT2D eigenvalue weighted by Crippen LogP contribution is -2.14. The molecule has 0 spiro atoms. The Morgan fingerprint density at radius 1 is 1.00 bits per heavy atom. The van der Waals surface area contributed by atoms with Crippen molar-refractivity contribution in [1.29, 1.82) is 0 Å². The van der Waals surface area contributed by atoms with E-state index in [0.29, 0.717) is 12.1 Å². The Bertz CT molecular complexity index is 725. The van der Waals surface area contributed by atoms with Gasteiger partial charge in [-0.2, -0.15) is 17.6 Å². The molecule has 1 heterocycles. The first-order valence-electron chi connectivity index (χ1n) is 5.50. The SMILES string of the molecule is O=S(=O)(Nc1ccc(F)nc1)c1ccc(C(F)(F)F)cc1. The van der Waals surface area contributed by atoms with E-state index in [-0.39, 0.29) is 10.6 Å². The number of benzene rings is 1. The summed E-state index contributed by atoms with van der Waals surface area (Å²) in [4.78, 5) is 2.91. The van der Waals surface area contributed by atoms with Gasteiger partial charge in [-0.3, -0.25) is 4.72 Å². The molecule has 21 heavy (non-hydrogen) atoms. The maximum Gasteiger partial charge on any atom is 0.416 e. The van der Waals surface area contributed by atoms with Gasteiger partial charge in [0.05, 0.1) is 22.3 Å². The highest BCUT2D eigenvalue weighted by Crippen LogP contribution is 2.29. The minimum absolute atomic E-state index is 0.00343. The summed E-state index contributed by atoms with van der Waals surface area (Å²) in [5, 5.41) is 0. The molecule has 2 aromatic rings. The third-order valence-electron chi connectivity index (χ3n) is 2.47. The monoisotopic (exact) mass is 320 g/mol. The molecule has 0 aliphatic carbocycles. The number of nitrogens with one attached hydrogen (secondary N) is 1. The highest BCUT2D eigenvalue weighted by atomic mass is 32.2. The van der Waals surface area contributed by atoms with Crippen molar-refractivity contribution in [1.82, 2.24) is 4.98 Å². The van der Waals surface area contributed by atoms with Crippen LogP contribution >= 0.6 is 0 Å². The lowest BCUT2D eigenvalue weighted by molar-refractivity contribution is -0.137. The maximum atomic E-state index is 12.6. The molecule has 1 aromatic carbocycles. The van der Waals surface area contributed by atoms with E-state index in [4.69, 9.17) is 0 Å².